The Bertz CT molecular complexity index is 659. The molecule has 0 aromatic heterocycles. The Kier molecular flexibility index (Phi) is 3.51. The van der Waals surface area contributed by atoms with E-state index in [1.54, 1.807) is 13.0 Å². The minimum absolute atomic E-state index is 0.363. The molecule has 1 saturated heterocycles. The molecule has 3 aliphatic rings. The summed E-state index contributed by atoms with van der Waals surface area (Å²) in [4.78, 5) is 25.0. The van der Waals surface area contributed by atoms with Crippen LogP contribution in [-0.2, 0) is 19.1 Å². The SMILES string of the molecule is COC(=O)[C@]1(C)C[C@@H]2OC(=O)[C@@]1(Nc1ccccc1)C=C2Br. The lowest BCUT2D eigenvalue weighted by atomic mass is 9.62. The number of anilines is 1. The molecule has 4 rings (SSSR count). The summed E-state index contributed by atoms with van der Waals surface area (Å²) >= 11 is 3.44. The summed E-state index contributed by atoms with van der Waals surface area (Å²) in [5, 5.41) is 3.19. The molecule has 1 aromatic carbocycles. The normalized spacial score (nSPS) is 33.0. The predicted octanol–water partition coefficient (Wildman–Crippen LogP) is 2.62. The van der Waals surface area contributed by atoms with Crippen molar-refractivity contribution in [3.8, 4) is 0 Å². The third-order valence-corrected chi connectivity index (χ3v) is 5.19. The van der Waals surface area contributed by atoms with Gasteiger partial charge in [-0.25, -0.2) is 4.79 Å². The van der Waals surface area contributed by atoms with Crippen LogP contribution in [0.5, 0.6) is 0 Å². The second kappa shape index (κ2) is 5.12. The van der Waals surface area contributed by atoms with Crippen molar-refractivity contribution in [2.75, 3.05) is 12.4 Å². The van der Waals surface area contributed by atoms with Gasteiger partial charge in [0.05, 0.1) is 7.11 Å². The summed E-state index contributed by atoms with van der Waals surface area (Å²) < 4.78 is 11.2. The number of rotatable bonds is 3. The molecule has 0 saturated carbocycles. The maximum atomic E-state index is 12.6. The maximum Gasteiger partial charge on any atom is 0.337 e. The fourth-order valence-corrected chi connectivity index (χ4v) is 3.74. The molecule has 1 aliphatic carbocycles. The molecule has 0 radical (unpaired) electrons. The fourth-order valence-electron chi connectivity index (χ4n) is 3.14. The van der Waals surface area contributed by atoms with Crippen LogP contribution in [0.3, 0.4) is 0 Å². The van der Waals surface area contributed by atoms with Gasteiger partial charge in [0.15, 0.2) is 5.54 Å². The second-order valence-electron chi connectivity index (χ2n) is 5.75. The molecule has 2 aliphatic heterocycles. The van der Waals surface area contributed by atoms with Crippen molar-refractivity contribution >= 4 is 33.6 Å². The lowest BCUT2D eigenvalue weighted by Gasteiger charge is -2.52. The van der Waals surface area contributed by atoms with E-state index in [1.165, 1.54) is 7.11 Å². The highest BCUT2D eigenvalue weighted by Crippen LogP contribution is 2.52. The Morgan fingerprint density at radius 1 is 1.41 bits per heavy atom. The van der Waals surface area contributed by atoms with Gasteiger partial charge in [0.25, 0.3) is 0 Å². The van der Waals surface area contributed by atoms with Crippen LogP contribution in [0.2, 0.25) is 0 Å². The third-order valence-electron chi connectivity index (χ3n) is 4.45. The molecule has 2 bridgehead atoms. The van der Waals surface area contributed by atoms with Crippen molar-refractivity contribution < 1.29 is 19.1 Å². The van der Waals surface area contributed by atoms with Gasteiger partial charge >= 0.3 is 11.9 Å². The number of methoxy groups -OCH3 is 1. The molecule has 3 atom stereocenters. The maximum absolute atomic E-state index is 12.6. The van der Waals surface area contributed by atoms with Crippen molar-refractivity contribution in [3.63, 3.8) is 0 Å². The second-order valence-corrected chi connectivity index (χ2v) is 6.67. The summed E-state index contributed by atoms with van der Waals surface area (Å²) in [6, 6.07) is 9.26. The lowest BCUT2D eigenvalue weighted by Crippen LogP contribution is -2.68. The van der Waals surface area contributed by atoms with E-state index in [0.29, 0.717) is 6.42 Å². The molecule has 0 amide bonds. The summed E-state index contributed by atoms with van der Waals surface area (Å²) in [6.45, 7) is 1.73. The van der Waals surface area contributed by atoms with E-state index in [0.717, 1.165) is 10.2 Å². The average Bonchev–Trinajstić information content (AvgIpc) is 2.51. The van der Waals surface area contributed by atoms with Gasteiger partial charge in [0.1, 0.15) is 11.5 Å². The highest BCUT2D eigenvalue weighted by molar-refractivity contribution is 9.11. The van der Waals surface area contributed by atoms with Gasteiger partial charge in [-0.15, -0.1) is 0 Å². The summed E-state index contributed by atoms with van der Waals surface area (Å²) in [5.74, 6) is -0.905. The van der Waals surface area contributed by atoms with Crippen LogP contribution in [0.4, 0.5) is 5.69 Å². The molecule has 1 fully saturated rings. The van der Waals surface area contributed by atoms with Gasteiger partial charge in [-0.2, -0.15) is 0 Å². The number of hydrogen-bond donors (Lipinski definition) is 1. The number of carbonyl (C=O) groups is 2. The first-order chi connectivity index (χ1) is 10.4. The van der Waals surface area contributed by atoms with Gasteiger partial charge < -0.3 is 14.8 Å². The Balaban J connectivity index is 2.13. The number of fused-ring (bicyclic) bond motifs is 2. The molecular formula is C16H16BrNO4. The van der Waals surface area contributed by atoms with Crippen LogP contribution in [0.25, 0.3) is 0 Å². The fraction of sp³-hybridized carbons (Fsp3) is 0.375. The molecule has 6 heteroatoms. The van der Waals surface area contributed by atoms with Gasteiger partial charge in [-0.05, 0) is 25.1 Å². The van der Waals surface area contributed by atoms with Crippen molar-refractivity contribution in [2.45, 2.75) is 25.0 Å². The molecule has 5 nitrogen and oxygen atoms in total. The van der Waals surface area contributed by atoms with Crippen LogP contribution >= 0.6 is 15.9 Å². The van der Waals surface area contributed by atoms with Crippen LogP contribution in [-0.4, -0.2) is 30.7 Å². The molecule has 22 heavy (non-hydrogen) atoms. The van der Waals surface area contributed by atoms with E-state index < -0.39 is 29.0 Å². The molecule has 1 aromatic rings. The van der Waals surface area contributed by atoms with E-state index in [-0.39, 0.29) is 0 Å². The van der Waals surface area contributed by atoms with E-state index in [9.17, 15) is 9.59 Å². The smallest absolute Gasteiger partial charge is 0.337 e. The monoisotopic (exact) mass is 365 g/mol. The summed E-state index contributed by atoms with van der Waals surface area (Å²) in [7, 11) is 1.33. The van der Waals surface area contributed by atoms with E-state index in [1.807, 2.05) is 30.3 Å². The lowest BCUT2D eigenvalue weighted by molar-refractivity contribution is -0.181. The average molecular weight is 366 g/mol. The molecule has 116 valence electrons. The van der Waals surface area contributed by atoms with Gasteiger partial charge in [0, 0.05) is 16.6 Å². The summed E-state index contributed by atoms with van der Waals surface area (Å²) in [6.07, 6.45) is 1.65. The Morgan fingerprint density at radius 2 is 2.09 bits per heavy atom. The van der Waals surface area contributed by atoms with E-state index in [2.05, 4.69) is 21.2 Å². The zero-order valence-electron chi connectivity index (χ0n) is 12.3. The zero-order chi connectivity index (χ0) is 16.0. The number of hydrogen-bond acceptors (Lipinski definition) is 5. The number of esters is 2. The minimum Gasteiger partial charge on any atom is -0.469 e. The number of carbonyl (C=O) groups excluding carboxylic acids is 2. The quantitative estimate of drug-likeness (QED) is 0.834. The molecule has 1 N–H and O–H groups in total. The first-order valence-corrected chi connectivity index (χ1v) is 7.73. The zero-order valence-corrected chi connectivity index (χ0v) is 13.8. The van der Waals surface area contributed by atoms with Crippen LogP contribution in [0.15, 0.2) is 40.9 Å². The Hall–Kier alpha value is -1.82. The first kappa shape index (κ1) is 15.1. The van der Waals surface area contributed by atoms with Crippen LogP contribution < -0.4 is 5.32 Å². The molecule has 0 unspecified atom stereocenters. The standard InChI is InChI=1S/C16H16BrNO4/c1-15(13(19)21-2)9-12-11(17)8-16(15,14(20)22-12)18-10-6-4-3-5-7-10/h3-8,12,18H,9H2,1-2H3/t12-,15-,16-/m0/s1. The van der Waals surface area contributed by atoms with Crippen molar-refractivity contribution in [1.29, 1.82) is 0 Å². The van der Waals surface area contributed by atoms with Crippen LogP contribution in [0.1, 0.15) is 13.3 Å². The number of para-hydroxylation sites is 1. The van der Waals surface area contributed by atoms with E-state index in [4.69, 9.17) is 9.47 Å². The molecule has 0 spiro atoms. The Labute approximate surface area is 136 Å². The number of benzene rings is 1. The summed E-state index contributed by atoms with van der Waals surface area (Å²) in [5.41, 5.74) is -1.62. The van der Waals surface area contributed by atoms with Gasteiger partial charge in [-0.3, -0.25) is 4.79 Å². The highest BCUT2D eigenvalue weighted by atomic mass is 79.9. The number of nitrogens with one attached hydrogen (secondary N) is 1. The largest absolute Gasteiger partial charge is 0.469 e. The van der Waals surface area contributed by atoms with E-state index >= 15 is 0 Å². The van der Waals surface area contributed by atoms with Crippen molar-refractivity contribution in [2.24, 2.45) is 5.41 Å². The highest BCUT2D eigenvalue weighted by Gasteiger charge is 2.66. The number of halogens is 1. The van der Waals surface area contributed by atoms with Crippen molar-refractivity contribution in [3.05, 3.63) is 40.9 Å². The minimum atomic E-state index is -1.30. The Morgan fingerprint density at radius 3 is 2.73 bits per heavy atom. The third kappa shape index (κ3) is 1.97. The topological polar surface area (TPSA) is 64.6 Å². The van der Waals surface area contributed by atoms with Crippen molar-refractivity contribution in [1.82, 2.24) is 0 Å². The first-order valence-electron chi connectivity index (χ1n) is 6.94. The van der Waals surface area contributed by atoms with Gasteiger partial charge in [0.2, 0.25) is 0 Å². The number of ether oxygens (including phenoxy) is 2. The van der Waals surface area contributed by atoms with Gasteiger partial charge in [-0.1, -0.05) is 34.1 Å². The molecular weight excluding hydrogens is 350 g/mol. The predicted molar refractivity (Wildman–Crippen MR) is 84.4 cm³/mol. The van der Waals surface area contributed by atoms with Crippen LogP contribution in [0, 0.1) is 5.41 Å². The molecule has 2 heterocycles.